The summed E-state index contributed by atoms with van der Waals surface area (Å²) in [6.45, 7) is 1.31. The van der Waals surface area contributed by atoms with E-state index in [0.717, 1.165) is 0 Å². The van der Waals surface area contributed by atoms with Gasteiger partial charge in [-0.05, 0) is 6.42 Å². The first-order valence-electron chi connectivity index (χ1n) is 2.64. The second-order valence-corrected chi connectivity index (χ2v) is 1.39. The molecule has 0 saturated heterocycles. The van der Waals surface area contributed by atoms with Gasteiger partial charge in [0, 0.05) is 6.54 Å². The van der Waals surface area contributed by atoms with E-state index in [1.807, 2.05) is 0 Å². The fraction of sp³-hybridized carbons (Fsp3) is 0.600. The molecule has 0 bridgehead atoms. The van der Waals surface area contributed by atoms with Crippen LogP contribution >= 0.6 is 0 Å². The van der Waals surface area contributed by atoms with E-state index < -0.39 is 0 Å². The summed E-state index contributed by atoms with van der Waals surface area (Å²) in [5, 5.41) is 2.43. The van der Waals surface area contributed by atoms with Crippen molar-refractivity contribution in [3.8, 4) is 0 Å². The Labute approximate surface area is 53.2 Å². The van der Waals surface area contributed by atoms with Crippen LogP contribution in [-0.4, -0.2) is 26.0 Å². The van der Waals surface area contributed by atoms with Crippen LogP contribution in [0.15, 0.2) is 0 Å². The van der Waals surface area contributed by atoms with Gasteiger partial charge in [-0.15, -0.1) is 0 Å². The molecule has 52 valence electrons. The largest absolute Gasteiger partial charge is 0.468 e. The van der Waals surface area contributed by atoms with Gasteiger partial charge in [-0.1, -0.05) is 0 Å². The van der Waals surface area contributed by atoms with Crippen molar-refractivity contribution in [3.63, 3.8) is 0 Å². The summed E-state index contributed by atoms with van der Waals surface area (Å²) in [5.41, 5.74) is 0. The maximum Gasteiger partial charge on any atom is 0.293 e. The number of hydrogen-bond acceptors (Lipinski definition) is 3. The molecule has 0 radical (unpaired) electrons. The molecular weight excluding hydrogens is 122 g/mol. The van der Waals surface area contributed by atoms with Crippen LogP contribution in [0.25, 0.3) is 0 Å². The Hall–Kier alpha value is -1.06. The Morgan fingerprint density at radius 1 is 1.44 bits per heavy atom. The topological polar surface area (TPSA) is 55.4 Å². The summed E-state index contributed by atoms with van der Waals surface area (Å²) in [5.74, 6) is 0. The van der Waals surface area contributed by atoms with E-state index in [2.05, 4.69) is 10.1 Å². The molecule has 0 fully saturated rings. The number of nitrogens with one attached hydrogen (secondary N) is 1. The molecule has 0 aliphatic rings. The number of ether oxygens (including phenoxy) is 1. The van der Waals surface area contributed by atoms with Gasteiger partial charge in [0.05, 0.1) is 6.61 Å². The van der Waals surface area contributed by atoms with Gasteiger partial charge in [0.1, 0.15) is 0 Å². The maximum atomic E-state index is 9.62. The highest BCUT2D eigenvalue weighted by molar-refractivity contribution is 5.45. The predicted octanol–water partition coefficient (Wildman–Crippen LogP) is -0.705. The first kappa shape index (κ1) is 7.94. The monoisotopic (exact) mass is 131 g/mol. The fourth-order valence-corrected chi connectivity index (χ4v) is 0.365. The molecule has 0 aromatic heterocycles. The molecule has 0 aromatic rings. The lowest BCUT2D eigenvalue weighted by molar-refractivity contribution is -0.128. The normalized spacial score (nSPS) is 8.00. The second-order valence-electron chi connectivity index (χ2n) is 1.39. The molecule has 0 aliphatic carbocycles. The molecular formula is C5H9NO3. The quantitative estimate of drug-likeness (QED) is 0.383. The molecule has 4 heteroatoms. The number of rotatable bonds is 6. The Balaban J connectivity index is 2.74. The van der Waals surface area contributed by atoms with Crippen LogP contribution in [0, 0.1) is 0 Å². The number of carbonyl (C=O) groups is 2. The molecule has 0 spiro atoms. The molecule has 0 atom stereocenters. The van der Waals surface area contributed by atoms with Crippen molar-refractivity contribution in [3.05, 3.63) is 0 Å². The van der Waals surface area contributed by atoms with Crippen LogP contribution < -0.4 is 5.32 Å². The summed E-state index contributed by atoms with van der Waals surface area (Å²) >= 11 is 0. The van der Waals surface area contributed by atoms with Gasteiger partial charge in [-0.3, -0.25) is 9.59 Å². The van der Waals surface area contributed by atoms with Gasteiger partial charge in [-0.2, -0.15) is 0 Å². The molecule has 4 nitrogen and oxygen atoms in total. The van der Waals surface area contributed by atoms with E-state index in [9.17, 15) is 9.59 Å². The van der Waals surface area contributed by atoms with Gasteiger partial charge in [0.2, 0.25) is 6.41 Å². The van der Waals surface area contributed by atoms with Crippen LogP contribution in [-0.2, 0) is 14.3 Å². The van der Waals surface area contributed by atoms with Gasteiger partial charge >= 0.3 is 0 Å². The van der Waals surface area contributed by atoms with Crippen molar-refractivity contribution < 1.29 is 14.3 Å². The highest BCUT2D eigenvalue weighted by Gasteiger charge is 1.83. The number of amides is 1. The highest BCUT2D eigenvalue weighted by Crippen LogP contribution is 1.74. The van der Waals surface area contributed by atoms with Crippen molar-refractivity contribution in [1.29, 1.82) is 0 Å². The zero-order valence-electron chi connectivity index (χ0n) is 5.00. The van der Waals surface area contributed by atoms with Crippen molar-refractivity contribution in [2.24, 2.45) is 0 Å². The first-order valence-corrected chi connectivity index (χ1v) is 2.64. The first-order chi connectivity index (χ1) is 4.41. The number of hydrogen-bond donors (Lipinski definition) is 1. The van der Waals surface area contributed by atoms with E-state index in [0.29, 0.717) is 32.5 Å². The van der Waals surface area contributed by atoms with Crippen LogP contribution in [0.1, 0.15) is 6.42 Å². The smallest absolute Gasteiger partial charge is 0.293 e. The molecule has 1 N–H and O–H groups in total. The lowest BCUT2D eigenvalue weighted by atomic mass is 10.5. The summed E-state index contributed by atoms with van der Waals surface area (Å²) in [6, 6.07) is 0. The average molecular weight is 131 g/mol. The highest BCUT2D eigenvalue weighted by atomic mass is 16.5. The standard InChI is InChI=1S/C5H9NO3/c7-4-6-2-1-3-9-5-8/h4-5H,1-3H2,(H,6,7). The van der Waals surface area contributed by atoms with Crippen molar-refractivity contribution in [2.75, 3.05) is 13.2 Å². The third-order valence-electron chi connectivity index (χ3n) is 0.735. The summed E-state index contributed by atoms with van der Waals surface area (Å²) in [6.07, 6.45) is 1.28. The van der Waals surface area contributed by atoms with Crippen molar-refractivity contribution in [2.45, 2.75) is 6.42 Å². The van der Waals surface area contributed by atoms with Gasteiger partial charge in [0.15, 0.2) is 0 Å². The summed E-state index contributed by atoms with van der Waals surface area (Å²) < 4.78 is 4.34. The lowest BCUT2D eigenvalue weighted by Gasteiger charge is -1.95. The lowest BCUT2D eigenvalue weighted by Crippen LogP contribution is -2.13. The van der Waals surface area contributed by atoms with Crippen LogP contribution in [0.2, 0.25) is 0 Å². The van der Waals surface area contributed by atoms with Crippen LogP contribution in [0.3, 0.4) is 0 Å². The molecule has 0 rings (SSSR count). The third kappa shape index (κ3) is 6.94. The van der Waals surface area contributed by atoms with E-state index >= 15 is 0 Å². The Morgan fingerprint density at radius 3 is 2.78 bits per heavy atom. The average Bonchev–Trinajstić information content (AvgIpc) is 1.89. The zero-order valence-corrected chi connectivity index (χ0v) is 5.00. The van der Waals surface area contributed by atoms with Crippen LogP contribution in [0.5, 0.6) is 0 Å². The molecule has 0 aliphatic heterocycles. The second kappa shape index (κ2) is 6.94. The molecule has 0 saturated carbocycles. The zero-order chi connectivity index (χ0) is 6.95. The summed E-state index contributed by atoms with van der Waals surface area (Å²) in [7, 11) is 0. The van der Waals surface area contributed by atoms with E-state index in [1.165, 1.54) is 0 Å². The van der Waals surface area contributed by atoms with Crippen molar-refractivity contribution >= 4 is 12.9 Å². The molecule has 0 heterocycles. The van der Waals surface area contributed by atoms with Crippen molar-refractivity contribution in [1.82, 2.24) is 5.32 Å². The Morgan fingerprint density at radius 2 is 2.22 bits per heavy atom. The third-order valence-corrected chi connectivity index (χ3v) is 0.735. The maximum absolute atomic E-state index is 9.62. The van der Waals surface area contributed by atoms with Crippen LogP contribution in [0.4, 0.5) is 0 Å². The van der Waals surface area contributed by atoms with Gasteiger partial charge in [-0.25, -0.2) is 0 Å². The van der Waals surface area contributed by atoms with Gasteiger partial charge in [0.25, 0.3) is 6.47 Å². The number of carbonyl (C=O) groups excluding carboxylic acids is 2. The summed E-state index contributed by atoms with van der Waals surface area (Å²) in [4.78, 5) is 19.1. The Kier molecular flexibility index (Phi) is 6.12. The van der Waals surface area contributed by atoms with E-state index in [-0.39, 0.29) is 0 Å². The SMILES string of the molecule is O=CNCCCOC=O. The van der Waals surface area contributed by atoms with Gasteiger partial charge < -0.3 is 10.1 Å². The Bertz CT molecular complexity index is 74.3. The van der Waals surface area contributed by atoms with E-state index in [1.54, 1.807) is 0 Å². The predicted molar refractivity (Wildman–Crippen MR) is 30.7 cm³/mol. The molecule has 1 amide bonds. The van der Waals surface area contributed by atoms with E-state index in [4.69, 9.17) is 0 Å². The minimum atomic E-state index is 0.365. The molecule has 9 heavy (non-hydrogen) atoms. The minimum Gasteiger partial charge on any atom is -0.468 e. The molecule has 0 unspecified atom stereocenters. The minimum absolute atomic E-state index is 0.365. The molecule has 0 aromatic carbocycles. The fourth-order valence-electron chi connectivity index (χ4n) is 0.365.